The summed E-state index contributed by atoms with van der Waals surface area (Å²) in [6.45, 7) is 3.86. The van der Waals surface area contributed by atoms with Crippen LogP contribution in [0.3, 0.4) is 0 Å². The van der Waals surface area contributed by atoms with Crippen molar-refractivity contribution >= 4 is 17.3 Å². The van der Waals surface area contributed by atoms with E-state index in [0.29, 0.717) is 31.2 Å². The van der Waals surface area contributed by atoms with E-state index in [4.69, 9.17) is 4.42 Å². The number of carboxylic acids is 1. The van der Waals surface area contributed by atoms with Crippen molar-refractivity contribution in [2.75, 3.05) is 13.1 Å². The van der Waals surface area contributed by atoms with Crippen LogP contribution in [0.2, 0.25) is 0 Å². The first-order chi connectivity index (χ1) is 10.1. The highest BCUT2D eigenvalue weighted by Gasteiger charge is 2.37. The molecule has 0 spiro atoms. The predicted molar refractivity (Wildman–Crippen MR) is 77.9 cm³/mol. The number of aromatic nitrogens is 2. The SMILES string of the molecule is CC1(C(=O)O)CCN(Cc2nnc(-c3cccs3)o2)CC1. The Hall–Kier alpha value is -1.73. The lowest BCUT2D eigenvalue weighted by Crippen LogP contribution is -2.42. The fourth-order valence-corrected chi connectivity index (χ4v) is 3.07. The molecule has 3 rings (SSSR count). The van der Waals surface area contributed by atoms with E-state index in [0.717, 1.165) is 18.0 Å². The summed E-state index contributed by atoms with van der Waals surface area (Å²) < 4.78 is 5.66. The average molecular weight is 307 g/mol. The zero-order valence-electron chi connectivity index (χ0n) is 11.8. The molecule has 1 aliphatic rings. The Bertz CT molecular complexity index is 615. The monoisotopic (exact) mass is 307 g/mol. The van der Waals surface area contributed by atoms with Gasteiger partial charge >= 0.3 is 5.97 Å². The molecule has 1 saturated heterocycles. The van der Waals surface area contributed by atoms with Crippen LogP contribution < -0.4 is 0 Å². The van der Waals surface area contributed by atoms with Gasteiger partial charge in [0.25, 0.3) is 5.89 Å². The third-order valence-corrected chi connectivity index (χ3v) is 4.89. The lowest BCUT2D eigenvalue weighted by atomic mass is 9.80. The molecule has 7 heteroatoms. The Morgan fingerprint density at radius 2 is 2.24 bits per heavy atom. The Morgan fingerprint density at radius 3 is 2.86 bits per heavy atom. The van der Waals surface area contributed by atoms with Gasteiger partial charge in [-0.05, 0) is 44.3 Å². The third-order valence-electron chi connectivity index (χ3n) is 4.03. The minimum absolute atomic E-state index is 0.549. The molecule has 0 bridgehead atoms. The van der Waals surface area contributed by atoms with Crippen molar-refractivity contribution in [1.82, 2.24) is 15.1 Å². The minimum atomic E-state index is -0.708. The zero-order valence-corrected chi connectivity index (χ0v) is 12.6. The molecule has 112 valence electrons. The van der Waals surface area contributed by atoms with Crippen LogP contribution in [0.5, 0.6) is 0 Å². The molecule has 2 aromatic rings. The van der Waals surface area contributed by atoms with Gasteiger partial charge in [0.1, 0.15) is 0 Å². The molecular formula is C14H17N3O3S. The molecule has 3 heterocycles. The first kappa shape index (κ1) is 14.2. The van der Waals surface area contributed by atoms with Crippen molar-refractivity contribution in [1.29, 1.82) is 0 Å². The van der Waals surface area contributed by atoms with Crippen LogP contribution in [0.4, 0.5) is 0 Å². The number of rotatable bonds is 4. The highest BCUT2D eigenvalue weighted by atomic mass is 32.1. The van der Waals surface area contributed by atoms with Gasteiger partial charge in [-0.3, -0.25) is 9.69 Å². The predicted octanol–water partition coefficient (Wildman–Crippen LogP) is 2.48. The molecule has 0 atom stereocenters. The average Bonchev–Trinajstić information content (AvgIpc) is 3.12. The van der Waals surface area contributed by atoms with Crippen molar-refractivity contribution in [2.45, 2.75) is 26.3 Å². The molecule has 6 nitrogen and oxygen atoms in total. The van der Waals surface area contributed by atoms with Gasteiger partial charge in [0.15, 0.2) is 0 Å². The normalized spacial score (nSPS) is 18.7. The molecule has 21 heavy (non-hydrogen) atoms. The Morgan fingerprint density at radius 1 is 1.48 bits per heavy atom. The lowest BCUT2D eigenvalue weighted by Gasteiger charge is -2.35. The first-order valence-corrected chi connectivity index (χ1v) is 7.77. The molecule has 0 saturated carbocycles. The van der Waals surface area contributed by atoms with Crippen molar-refractivity contribution < 1.29 is 14.3 Å². The van der Waals surface area contributed by atoms with Crippen molar-refractivity contribution in [3.63, 3.8) is 0 Å². The summed E-state index contributed by atoms with van der Waals surface area (Å²) in [4.78, 5) is 14.3. The summed E-state index contributed by atoms with van der Waals surface area (Å²) in [6.07, 6.45) is 1.29. The van der Waals surface area contributed by atoms with E-state index in [1.54, 1.807) is 11.3 Å². The number of hydrogen-bond acceptors (Lipinski definition) is 6. The van der Waals surface area contributed by atoms with E-state index in [-0.39, 0.29) is 0 Å². The third kappa shape index (κ3) is 2.98. The molecule has 2 aromatic heterocycles. The molecule has 1 N–H and O–H groups in total. The Kier molecular flexibility index (Phi) is 3.77. The van der Waals surface area contributed by atoms with E-state index >= 15 is 0 Å². The summed E-state index contributed by atoms with van der Waals surface area (Å²) in [7, 11) is 0. The van der Waals surface area contributed by atoms with Gasteiger partial charge in [-0.1, -0.05) is 6.07 Å². The minimum Gasteiger partial charge on any atom is -0.481 e. The topological polar surface area (TPSA) is 79.5 Å². The van der Waals surface area contributed by atoms with Gasteiger partial charge in [-0.2, -0.15) is 0 Å². The van der Waals surface area contributed by atoms with Gasteiger partial charge in [0.05, 0.1) is 16.8 Å². The van der Waals surface area contributed by atoms with E-state index in [1.165, 1.54) is 0 Å². The van der Waals surface area contributed by atoms with Gasteiger partial charge in [-0.15, -0.1) is 21.5 Å². The maximum absolute atomic E-state index is 11.2. The van der Waals surface area contributed by atoms with Crippen LogP contribution in [0.25, 0.3) is 10.8 Å². The number of carboxylic acid groups (broad SMARTS) is 1. The number of aliphatic carboxylic acids is 1. The van der Waals surface area contributed by atoms with Gasteiger partial charge in [0, 0.05) is 0 Å². The smallest absolute Gasteiger partial charge is 0.309 e. The van der Waals surface area contributed by atoms with Crippen molar-refractivity contribution in [2.24, 2.45) is 5.41 Å². The van der Waals surface area contributed by atoms with Crippen LogP contribution in [0.1, 0.15) is 25.7 Å². The van der Waals surface area contributed by atoms with E-state index in [1.807, 2.05) is 24.4 Å². The summed E-state index contributed by atoms with van der Waals surface area (Å²) in [5.74, 6) is 0.421. The summed E-state index contributed by atoms with van der Waals surface area (Å²) >= 11 is 1.56. The standard InChI is InChI=1S/C14H17N3O3S/c1-14(13(18)19)4-6-17(7-5-14)9-11-15-16-12(20-11)10-3-2-8-21-10/h2-3,8H,4-7,9H2,1H3,(H,18,19). The van der Waals surface area contributed by atoms with Gasteiger partial charge in [0.2, 0.25) is 5.89 Å². The molecule has 1 fully saturated rings. The zero-order chi connectivity index (χ0) is 14.9. The quantitative estimate of drug-likeness (QED) is 0.935. The lowest BCUT2D eigenvalue weighted by molar-refractivity contribution is -0.150. The fraction of sp³-hybridized carbons (Fsp3) is 0.500. The van der Waals surface area contributed by atoms with Crippen LogP contribution in [-0.2, 0) is 11.3 Å². The van der Waals surface area contributed by atoms with Crippen LogP contribution >= 0.6 is 11.3 Å². The fourth-order valence-electron chi connectivity index (χ4n) is 2.43. The summed E-state index contributed by atoms with van der Waals surface area (Å²) in [5, 5.41) is 19.3. The van der Waals surface area contributed by atoms with Crippen LogP contribution in [0, 0.1) is 5.41 Å². The number of hydrogen-bond donors (Lipinski definition) is 1. The highest BCUT2D eigenvalue weighted by Crippen LogP contribution is 2.31. The second kappa shape index (κ2) is 5.57. The van der Waals surface area contributed by atoms with Crippen LogP contribution in [-0.4, -0.2) is 39.3 Å². The summed E-state index contributed by atoms with van der Waals surface area (Å²) in [6, 6.07) is 3.89. The molecule has 0 radical (unpaired) electrons. The van der Waals surface area contributed by atoms with E-state index < -0.39 is 11.4 Å². The highest BCUT2D eigenvalue weighted by molar-refractivity contribution is 7.13. The Balaban J connectivity index is 1.60. The molecule has 0 aliphatic carbocycles. The van der Waals surface area contributed by atoms with Gasteiger partial charge < -0.3 is 9.52 Å². The summed E-state index contributed by atoms with van der Waals surface area (Å²) in [5.41, 5.74) is -0.604. The maximum atomic E-state index is 11.2. The van der Waals surface area contributed by atoms with Gasteiger partial charge in [-0.25, -0.2) is 0 Å². The first-order valence-electron chi connectivity index (χ1n) is 6.89. The molecular weight excluding hydrogens is 290 g/mol. The maximum Gasteiger partial charge on any atom is 0.309 e. The van der Waals surface area contributed by atoms with E-state index in [9.17, 15) is 9.90 Å². The number of thiophene rings is 1. The molecule has 0 unspecified atom stereocenters. The molecule has 1 aliphatic heterocycles. The van der Waals surface area contributed by atoms with Crippen molar-refractivity contribution in [3.8, 4) is 10.8 Å². The van der Waals surface area contributed by atoms with E-state index in [2.05, 4.69) is 15.1 Å². The Labute approximate surface area is 126 Å². The molecule has 0 aromatic carbocycles. The number of nitrogens with zero attached hydrogens (tertiary/aromatic N) is 3. The number of piperidine rings is 1. The number of likely N-dealkylation sites (tertiary alicyclic amines) is 1. The second-order valence-corrected chi connectivity index (χ2v) is 6.57. The van der Waals surface area contributed by atoms with Crippen LogP contribution in [0.15, 0.2) is 21.9 Å². The van der Waals surface area contributed by atoms with Crippen molar-refractivity contribution in [3.05, 3.63) is 23.4 Å². The largest absolute Gasteiger partial charge is 0.481 e. The molecule has 0 amide bonds. The number of carbonyl (C=O) groups is 1. The second-order valence-electron chi connectivity index (χ2n) is 5.62.